The maximum Gasteiger partial charge on any atom is 0.0287 e. The Balaban J connectivity index is 2.54. The van der Waals surface area contributed by atoms with Crippen molar-refractivity contribution in [1.82, 2.24) is 0 Å². The molecule has 3 rings (SSSR count). The van der Waals surface area contributed by atoms with Gasteiger partial charge >= 0.3 is 0 Å². The zero-order valence-electron chi connectivity index (χ0n) is 9.72. The lowest BCUT2D eigenvalue weighted by Crippen LogP contribution is -1.86. The molecule has 82 valence electrons. The van der Waals surface area contributed by atoms with E-state index in [-0.39, 0.29) is 0 Å². The Labute approximate surface area is 100 Å². The van der Waals surface area contributed by atoms with Crippen LogP contribution in [0.5, 0.6) is 0 Å². The van der Waals surface area contributed by atoms with Crippen LogP contribution < -0.4 is 0 Å². The quantitative estimate of drug-likeness (QED) is 0.432. The lowest BCUT2D eigenvalue weighted by atomic mass is 9.98. The Morgan fingerprint density at radius 1 is 0.824 bits per heavy atom. The molecule has 1 heteroatoms. The van der Waals surface area contributed by atoms with Gasteiger partial charge in [0.05, 0.1) is 0 Å². The summed E-state index contributed by atoms with van der Waals surface area (Å²) in [6.07, 6.45) is 1.93. The number of rotatable bonds is 1. The van der Waals surface area contributed by atoms with Gasteiger partial charge < -0.3 is 0 Å². The molecular weight excluding hydrogens is 206 g/mol. The van der Waals surface area contributed by atoms with Crippen LogP contribution in [0.2, 0.25) is 0 Å². The summed E-state index contributed by atoms with van der Waals surface area (Å²) in [5.41, 5.74) is 1.18. The Kier molecular flexibility index (Phi) is 2.37. The summed E-state index contributed by atoms with van der Waals surface area (Å²) in [4.78, 5) is 4.14. The summed E-state index contributed by atoms with van der Waals surface area (Å²) < 4.78 is 0. The zero-order valence-corrected chi connectivity index (χ0v) is 9.72. The van der Waals surface area contributed by atoms with E-state index in [4.69, 9.17) is 0 Å². The van der Waals surface area contributed by atoms with Gasteiger partial charge in [0.25, 0.3) is 0 Å². The van der Waals surface area contributed by atoms with E-state index in [1.165, 1.54) is 27.1 Å². The highest BCUT2D eigenvalue weighted by atomic mass is 14.6. The van der Waals surface area contributed by atoms with E-state index < -0.39 is 0 Å². The van der Waals surface area contributed by atoms with Gasteiger partial charge in [0.15, 0.2) is 0 Å². The smallest absolute Gasteiger partial charge is 0.0287 e. The average molecular weight is 219 g/mol. The number of nitrogens with zero attached hydrogens (tertiary/aromatic N) is 1. The van der Waals surface area contributed by atoms with Crippen LogP contribution in [0.4, 0.5) is 0 Å². The highest BCUT2D eigenvalue weighted by Crippen LogP contribution is 2.27. The molecule has 1 nitrogen and oxygen atoms in total. The predicted octanol–water partition coefficient (Wildman–Crippen LogP) is 4.04. The van der Waals surface area contributed by atoms with Gasteiger partial charge in [-0.3, -0.25) is 4.99 Å². The third-order valence-corrected chi connectivity index (χ3v) is 3.07. The Bertz CT molecular complexity index is 711. The summed E-state index contributed by atoms with van der Waals surface area (Å²) in [5.74, 6) is 0. The highest BCUT2D eigenvalue weighted by molar-refractivity contribution is 6.14. The molecule has 0 radical (unpaired) electrons. The largest absolute Gasteiger partial charge is 0.296 e. The molecule has 0 atom stereocenters. The number of benzene rings is 3. The molecule has 0 saturated heterocycles. The SMILES string of the molecule is CN=Cc1cc2ccccc2c2ccccc12. The fraction of sp³-hybridized carbons (Fsp3) is 0.0625. The molecule has 0 spiro atoms. The van der Waals surface area contributed by atoms with Crippen LogP contribution in [0.1, 0.15) is 5.56 Å². The second kappa shape index (κ2) is 4.02. The van der Waals surface area contributed by atoms with E-state index in [2.05, 4.69) is 59.6 Å². The first-order chi connectivity index (χ1) is 8.40. The van der Waals surface area contributed by atoms with Crippen molar-refractivity contribution in [3.05, 3.63) is 60.2 Å². The van der Waals surface area contributed by atoms with Gasteiger partial charge in [0.2, 0.25) is 0 Å². The third kappa shape index (κ3) is 1.60. The summed E-state index contributed by atoms with van der Waals surface area (Å²) in [5, 5.41) is 5.12. The molecule has 0 aliphatic rings. The summed E-state index contributed by atoms with van der Waals surface area (Å²) in [7, 11) is 1.81. The normalized spacial score (nSPS) is 11.6. The molecule has 0 aliphatic heterocycles. The maximum absolute atomic E-state index is 4.14. The van der Waals surface area contributed by atoms with Crippen molar-refractivity contribution in [2.45, 2.75) is 0 Å². The fourth-order valence-electron chi connectivity index (χ4n) is 2.33. The maximum atomic E-state index is 4.14. The lowest BCUT2D eigenvalue weighted by Gasteiger charge is -2.06. The summed E-state index contributed by atoms with van der Waals surface area (Å²) in [6.45, 7) is 0. The first-order valence-corrected chi connectivity index (χ1v) is 5.73. The molecule has 0 bridgehead atoms. The van der Waals surface area contributed by atoms with Crippen LogP contribution in [0, 0.1) is 0 Å². The summed E-state index contributed by atoms with van der Waals surface area (Å²) >= 11 is 0. The summed E-state index contributed by atoms with van der Waals surface area (Å²) in [6, 6.07) is 19.2. The first kappa shape index (κ1) is 10.0. The van der Waals surface area contributed by atoms with Crippen molar-refractivity contribution < 1.29 is 0 Å². The average Bonchev–Trinajstić information content (AvgIpc) is 2.39. The van der Waals surface area contributed by atoms with Crippen LogP contribution in [-0.2, 0) is 0 Å². The number of hydrogen-bond donors (Lipinski definition) is 0. The number of hydrogen-bond acceptors (Lipinski definition) is 1. The molecule has 0 aliphatic carbocycles. The fourth-order valence-corrected chi connectivity index (χ4v) is 2.33. The van der Waals surface area contributed by atoms with E-state index in [1.807, 2.05) is 13.3 Å². The van der Waals surface area contributed by atoms with Crippen molar-refractivity contribution in [1.29, 1.82) is 0 Å². The number of aliphatic imine (C=N–C) groups is 1. The van der Waals surface area contributed by atoms with Crippen LogP contribution in [0.15, 0.2) is 59.6 Å². The molecule has 0 unspecified atom stereocenters. The van der Waals surface area contributed by atoms with Crippen molar-refractivity contribution in [3.8, 4) is 0 Å². The second-order valence-corrected chi connectivity index (χ2v) is 4.12. The minimum absolute atomic E-state index is 1.18. The third-order valence-electron chi connectivity index (χ3n) is 3.07. The van der Waals surface area contributed by atoms with Gasteiger partial charge in [0.1, 0.15) is 0 Å². The van der Waals surface area contributed by atoms with Gasteiger partial charge in [-0.2, -0.15) is 0 Å². The van der Waals surface area contributed by atoms with E-state index in [0.717, 1.165) is 0 Å². The first-order valence-electron chi connectivity index (χ1n) is 5.73. The minimum Gasteiger partial charge on any atom is -0.296 e. The lowest BCUT2D eigenvalue weighted by molar-refractivity contribution is 1.47. The van der Waals surface area contributed by atoms with Crippen molar-refractivity contribution in [3.63, 3.8) is 0 Å². The highest BCUT2D eigenvalue weighted by Gasteiger charge is 2.03. The predicted molar refractivity (Wildman–Crippen MR) is 75.0 cm³/mol. The monoisotopic (exact) mass is 219 g/mol. The van der Waals surface area contributed by atoms with Crippen molar-refractivity contribution in [2.75, 3.05) is 7.05 Å². The van der Waals surface area contributed by atoms with Gasteiger partial charge in [-0.05, 0) is 27.6 Å². The molecule has 0 amide bonds. The Morgan fingerprint density at radius 2 is 1.47 bits per heavy atom. The van der Waals surface area contributed by atoms with E-state index in [9.17, 15) is 0 Å². The van der Waals surface area contributed by atoms with Crippen molar-refractivity contribution >= 4 is 27.8 Å². The Morgan fingerprint density at radius 3 is 2.24 bits per heavy atom. The number of fused-ring (bicyclic) bond motifs is 3. The molecule has 0 fully saturated rings. The van der Waals surface area contributed by atoms with Crippen LogP contribution >= 0.6 is 0 Å². The van der Waals surface area contributed by atoms with E-state index >= 15 is 0 Å². The standard InChI is InChI=1S/C16H13N/c1-17-11-13-10-12-6-2-3-7-14(12)16-9-5-4-8-15(13)16/h2-11H,1H3. The van der Waals surface area contributed by atoms with Gasteiger partial charge in [-0.1, -0.05) is 48.5 Å². The minimum atomic E-state index is 1.18. The topological polar surface area (TPSA) is 12.4 Å². The molecule has 0 N–H and O–H groups in total. The molecule has 3 aromatic rings. The molecule has 3 aromatic carbocycles. The zero-order chi connectivity index (χ0) is 11.7. The Hall–Kier alpha value is -2.15. The van der Waals surface area contributed by atoms with E-state index in [1.54, 1.807) is 0 Å². The molecular formula is C16H13N. The van der Waals surface area contributed by atoms with Gasteiger partial charge in [0, 0.05) is 18.8 Å². The van der Waals surface area contributed by atoms with Crippen LogP contribution in [0.25, 0.3) is 21.5 Å². The van der Waals surface area contributed by atoms with Crippen molar-refractivity contribution in [2.24, 2.45) is 4.99 Å². The molecule has 0 heterocycles. The van der Waals surface area contributed by atoms with E-state index in [0.29, 0.717) is 0 Å². The molecule has 0 aromatic heterocycles. The molecule has 17 heavy (non-hydrogen) atoms. The van der Waals surface area contributed by atoms with Crippen LogP contribution in [0.3, 0.4) is 0 Å². The van der Waals surface area contributed by atoms with Gasteiger partial charge in [-0.25, -0.2) is 0 Å². The second-order valence-electron chi connectivity index (χ2n) is 4.12. The van der Waals surface area contributed by atoms with Gasteiger partial charge in [-0.15, -0.1) is 0 Å². The molecule has 0 saturated carbocycles. The van der Waals surface area contributed by atoms with Crippen LogP contribution in [-0.4, -0.2) is 13.3 Å².